The predicted molar refractivity (Wildman–Crippen MR) is 85.2 cm³/mol. The molecule has 0 radical (unpaired) electrons. The minimum atomic E-state index is -4.72. The number of carbonyl (C=O) groups is 1. The van der Waals surface area contributed by atoms with E-state index in [1.54, 1.807) is 0 Å². The number of alkyl halides is 3. The lowest BCUT2D eigenvalue weighted by Crippen LogP contribution is -2.35. The van der Waals surface area contributed by atoms with Crippen LogP contribution >= 0.6 is 0 Å². The van der Waals surface area contributed by atoms with Gasteiger partial charge < -0.3 is 15.4 Å². The van der Waals surface area contributed by atoms with E-state index in [-0.39, 0.29) is 24.9 Å². The van der Waals surface area contributed by atoms with Gasteiger partial charge in [-0.05, 0) is 12.8 Å². The first-order valence-electron chi connectivity index (χ1n) is 7.82. The summed E-state index contributed by atoms with van der Waals surface area (Å²) in [5.41, 5.74) is -1.14. The Hall–Kier alpha value is -1.95. The van der Waals surface area contributed by atoms with Crippen molar-refractivity contribution < 1.29 is 31.1 Å². The quantitative estimate of drug-likeness (QED) is 0.545. The van der Waals surface area contributed by atoms with E-state index in [1.807, 2.05) is 0 Å². The highest BCUT2D eigenvalue weighted by Crippen LogP contribution is 2.33. The van der Waals surface area contributed by atoms with Crippen LogP contribution in [-0.4, -0.2) is 56.3 Å². The normalized spacial score (nSPS) is 18.9. The second-order valence-corrected chi connectivity index (χ2v) is 7.75. The van der Waals surface area contributed by atoms with Crippen LogP contribution in [0.5, 0.6) is 0 Å². The molecular weight excluding hydrogens is 377 g/mol. The molecule has 0 aliphatic carbocycles. The summed E-state index contributed by atoms with van der Waals surface area (Å²) in [6.07, 6.45) is -2.27. The van der Waals surface area contributed by atoms with E-state index >= 15 is 0 Å². The molecule has 1 aromatic rings. The first-order valence-corrected chi connectivity index (χ1v) is 9.72. The number of hydrogen-bond donors (Lipinski definition) is 2. The number of amides is 1. The van der Waals surface area contributed by atoms with E-state index in [9.17, 15) is 26.4 Å². The first kappa shape index (κ1) is 20.4. The van der Waals surface area contributed by atoms with Crippen molar-refractivity contribution >= 4 is 21.6 Å². The summed E-state index contributed by atoms with van der Waals surface area (Å²) in [7, 11) is -3.84. The molecule has 1 aliphatic heterocycles. The summed E-state index contributed by atoms with van der Waals surface area (Å²) in [5.74, 6) is -0.720. The number of nitrogens with zero attached hydrogens (tertiary/aromatic N) is 2. The zero-order chi connectivity index (χ0) is 19.4. The molecule has 0 spiro atoms. The van der Waals surface area contributed by atoms with Crippen LogP contribution in [-0.2, 0) is 25.5 Å². The van der Waals surface area contributed by atoms with Gasteiger partial charge in [0.2, 0.25) is 20.9 Å². The Balaban J connectivity index is 2.02. The molecule has 8 nitrogen and oxygen atoms in total. The van der Waals surface area contributed by atoms with Crippen molar-refractivity contribution in [2.45, 2.75) is 36.6 Å². The zero-order valence-corrected chi connectivity index (χ0v) is 14.8. The van der Waals surface area contributed by atoms with Crippen molar-refractivity contribution in [3.05, 3.63) is 11.8 Å². The smallest absolute Gasteiger partial charge is 0.379 e. The highest BCUT2D eigenvalue weighted by Gasteiger charge is 2.35. The minimum absolute atomic E-state index is 0.107. The Morgan fingerprint density at radius 2 is 2.15 bits per heavy atom. The van der Waals surface area contributed by atoms with Crippen molar-refractivity contribution in [1.29, 1.82) is 0 Å². The van der Waals surface area contributed by atoms with Gasteiger partial charge in [0, 0.05) is 25.4 Å². The molecule has 1 aromatic heterocycles. The van der Waals surface area contributed by atoms with Crippen LogP contribution in [0.1, 0.15) is 24.8 Å². The third-order valence-corrected chi connectivity index (χ3v) is 4.44. The van der Waals surface area contributed by atoms with E-state index in [0.717, 1.165) is 6.26 Å². The first-order chi connectivity index (χ1) is 12.1. The molecule has 1 unspecified atom stereocenters. The molecule has 146 valence electrons. The Bertz CT molecular complexity index is 755. The van der Waals surface area contributed by atoms with Gasteiger partial charge in [0.25, 0.3) is 0 Å². The Morgan fingerprint density at radius 1 is 1.42 bits per heavy atom. The second kappa shape index (κ2) is 8.16. The number of rotatable bonds is 6. The van der Waals surface area contributed by atoms with Gasteiger partial charge in [-0.2, -0.15) is 13.2 Å². The number of carbonyl (C=O) groups excluding carboxylic acids is 1. The molecule has 2 heterocycles. The summed E-state index contributed by atoms with van der Waals surface area (Å²) < 4.78 is 67.3. The number of nitrogens with one attached hydrogen (secondary N) is 2. The lowest BCUT2D eigenvalue weighted by Gasteiger charge is -2.16. The fourth-order valence-electron chi connectivity index (χ4n) is 2.33. The number of aromatic nitrogens is 2. The number of hydrogen-bond acceptors (Lipinski definition) is 7. The fraction of sp³-hybridized carbons (Fsp3) is 0.643. The number of halogens is 3. The Kier molecular flexibility index (Phi) is 6.39. The average Bonchev–Trinajstić information content (AvgIpc) is 2.73. The third kappa shape index (κ3) is 5.80. The molecule has 0 aromatic carbocycles. The summed E-state index contributed by atoms with van der Waals surface area (Å²) in [4.78, 5) is 18.2. The van der Waals surface area contributed by atoms with Crippen molar-refractivity contribution in [2.24, 2.45) is 0 Å². The van der Waals surface area contributed by atoms with Gasteiger partial charge in [-0.1, -0.05) is 0 Å². The molecule has 2 N–H and O–H groups in total. The summed E-state index contributed by atoms with van der Waals surface area (Å²) in [6, 6.07) is -0.217. The zero-order valence-electron chi connectivity index (χ0n) is 14.0. The molecule has 26 heavy (non-hydrogen) atoms. The van der Waals surface area contributed by atoms with Gasteiger partial charge in [0.05, 0.1) is 19.3 Å². The standard InChI is InChI=1S/C14H19F3N4O4S/c1-26(23,24)13-19-7-10(14(15,16)17)12(21-13)18-5-2-3-9-8-25-6-4-11(22)20-9/h7,9H,2-6,8H2,1H3,(H,20,22)(H,18,19,21). The molecule has 1 aliphatic rings. The fourth-order valence-corrected chi connectivity index (χ4v) is 2.83. The van der Waals surface area contributed by atoms with Gasteiger partial charge in [0.15, 0.2) is 0 Å². The molecule has 1 atom stereocenters. The minimum Gasteiger partial charge on any atom is -0.379 e. The molecule has 12 heteroatoms. The van der Waals surface area contributed by atoms with E-state index in [4.69, 9.17) is 4.74 Å². The molecule has 0 bridgehead atoms. The maximum atomic E-state index is 13.0. The van der Waals surface area contributed by atoms with Crippen LogP contribution in [0, 0.1) is 0 Å². The maximum absolute atomic E-state index is 13.0. The lowest BCUT2D eigenvalue weighted by molar-refractivity contribution is -0.137. The Morgan fingerprint density at radius 3 is 2.81 bits per heavy atom. The van der Waals surface area contributed by atoms with Gasteiger partial charge >= 0.3 is 6.18 Å². The molecule has 0 saturated carbocycles. The van der Waals surface area contributed by atoms with Crippen molar-refractivity contribution in [3.8, 4) is 0 Å². The van der Waals surface area contributed by atoms with Crippen LogP contribution in [0.25, 0.3) is 0 Å². The van der Waals surface area contributed by atoms with Crippen molar-refractivity contribution in [3.63, 3.8) is 0 Å². The Labute approximate surface area is 148 Å². The topological polar surface area (TPSA) is 110 Å². The predicted octanol–water partition coefficient (Wildman–Crippen LogP) is 0.996. The monoisotopic (exact) mass is 396 g/mol. The van der Waals surface area contributed by atoms with Gasteiger partial charge in [-0.25, -0.2) is 18.4 Å². The van der Waals surface area contributed by atoms with Crippen LogP contribution in [0.15, 0.2) is 11.4 Å². The molecule has 1 saturated heterocycles. The number of ether oxygens (including phenoxy) is 1. The van der Waals surface area contributed by atoms with Crippen LogP contribution in [0.4, 0.5) is 19.0 Å². The number of anilines is 1. The third-order valence-electron chi connectivity index (χ3n) is 3.58. The summed E-state index contributed by atoms with van der Waals surface area (Å²) >= 11 is 0. The maximum Gasteiger partial charge on any atom is 0.421 e. The van der Waals surface area contributed by atoms with Crippen LogP contribution in [0.3, 0.4) is 0 Å². The van der Waals surface area contributed by atoms with Crippen LogP contribution in [0.2, 0.25) is 0 Å². The molecular formula is C14H19F3N4O4S. The van der Waals surface area contributed by atoms with Crippen LogP contribution < -0.4 is 10.6 Å². The lowest BCUT2D eigenvalue weighted by atomic mass is 10.1. The van der Waals surface area contributed by atoms with E-state index in [1.165, 1.54) is 0 Å². The van der Waals surface area contributed by atoms with Crippen molar-refractivity contribution in [1.82, 2.24) is 15.3 Å². The highest BCUT2D eigenvalue weighted by atomic mass is 32.2. The average molecular weight is 396 g/mol. The van der Waals surface area contributed by atoms with E-state index in [2.05, 4.69) is 20.6 Å². The van der Waals surface area contributed by atoms with E-state index in [0.29, 0.717) is 32.3 Å². The van der Waals surface area contributed by atoms with Gasteiger partial charge in [0.1, 0.15) is 11.4 Å². The van der Waals surface area contributed by atoms with Gasteiger partial charge in [-0.3, -0.25) is 4.79 Å². The van der Waals surface area contributed by atoms with E-state index < -0.39 is 32.6 Å². The molecule has 1 amide bonds. The largest absolute Gasteiger partial charge is 0.421 e. The second-order valence-electron chi connectivity index (χ2n) is 5.84. The van der Waals surface area contributed by atoms with Crippen molar-refractivity contribution in [2.75, 3.05) is 31.3 Å². The number of sulfone groups is 1. The summed E-state index contributed by atoms with van der Waals surface area (Å²) in [5, 5.41) is 4.59. The molecule has 1 fully saturated rings. The highest BCUT2D eigenvalue weighted by molar-refractivity contribution is 7.90. The molecule has 2 rings (SSSR count). The van der Waals surface area contributed by atoms with Gasteiger partial charge in [-0.15, -0.1) is 0 Å². The SMILES string of the molecule is CS(=O)(=O)c1ncc(C(F)(F)F)c(NCCCC2COCCC(=O)N2)n1. The summed E-state index contributed by atoms with van der Waals surface area (Å²) in [6.45, 7) is 0.783.